The maximum atomic E-state index is 9.94. The summed E-state index contributed by atoms with van der Waals surface area (Å²) in [6, 6.07) is 0. The number of nitrogens with zero attached hydrogens (tertiary/aromatic N) is 1. The second-order valence-corrected chi connectivity index (χ2v) is 12.8. The van der Waals surface area contributed by atoms with Crippen LogP contribution in [0, 0.1) is 17.8 Å². The Hall–Kier alpha value is 0.620. The van der Waals surface area contributed by atoms with E-state index >= 15 is 0 Å². The van der Waals surface area contributed by atoms with Crippen LogP contribution in [0.2, 0.25) is 0 Å². The lowest BCUT2D eigenvalue weighted by Gasteiger charge is -2.42. The first-order valence-electron chi connectivity index (χ1n) is 7.59. The first-order chi connectivity index (χ1) is 9.39. The molecule has 6 heteroatoms. The molecular weight excluding hydrogens is 321 g/mol. The van der Waals surface area contributed by atoms with E-state index in [1.807, 2.05) is 0 Å². The monoisotopic (exact) mass is 352 g/mol. The Morgan fingerprint density at radius 1 is 1.48 bits per heavy atom. The summed E-state index contributed by atoms with van der Waals surface area (Å²) in [7, 11) is 6.41. The van der Waals surface area contributed by atoms with Crippen LogP contribution < -0.4 is 0 Å². The SMILES string of the molecule is C=C(C)C1CCC(C)CC1C(C[N+](C)(C)C)OP(O)(=S)S. The van der Waals surface area contributed by atoms with Crippen LogP contribution in [0.15, 0.2) is 12.2 Å². The molecule has 0 heterocycles. The summed E-state index contributed by atoms with van der Waals surface area (Å²) in [6.07, 6.45) is 3.42. The van der Waals surface area contributed by atoms with Crippen LogP contribution in [0.5, 0.6) is 0 Å². The van der Waals surface area contributed by atoms with E-state index in [4.69, 9.17) is 16.3 Å². The smallest absolute Gasteiger partial charge is 0.242 e. The zero-order valence-corrected chi connectivity index (χ0v) is 16.6. The van der Waals surface area contributed by atoms with Crippen LogP contribution in [-0.4, -0.2) is 43.2 Å². The standard InChI is InChI=1S/C15H30NO2PS2/c1-11(2)13-8-7-12(3)9-14(13)15(10-16(4,5)6)18-19(17,20)21/h12-15H,1,7-10H2,2-6H3,(H-,17,20,21)/p+1. The molecule has 0 bridgehead atoms. The molecule has 0 aliphatic heterocycles. The Labute approximate surface area is 140 Å². The van der Waals surface area contributed by atoms with Crippen LogP contribution in [0.1, 0.15) is 33.1 Å². The average molecular weight is 353 g/mol. The number of thiol groups is 1. The van der Waals surface area contributed by atoms with Crippen molar-refractivity contribution in [3.8, 4) is 0 Å². The molecule has 1 saturated carbocycles. The molecule has 3 nitrogen and oxygen atoms in total. The van der Waals surface area contributed by atoms with Crippen LogP contribution in [0.3, 0.4) is 0 Å². The van der Waals surface area contributed by atoms with Crippen LogP contribution >= 0.6 is 17.9 Å². The minimum absolute atomic E-state index is 0.0669. The normalized spacial score (nSPS) is 31.5. The number of hydrogen-bond acceptors (Lipinski definition) is 2. The summed E-state index contributed by atoms with van der Waals surface area (Å²) in [5.41, 5.74) is -1.75. The van der Waals surface area contributed by atoms with Gasteiger partial charge in [-0.1, -0.05) is 37.7 Å². The summed E-state index contributed by atoms with van der Waals surface area (Å²) in [5, 5.41) is 0. The molecule has 1 aliphatic carbocycles. The van der Waals surface area contributed by atoms with Crippen molar-refractivity contribution in [2.75, 3.05) is 27.7 Å². The van der Waals surface area contributed by atoms with Gasteiger partial charge in [-0.15, -0.1) is 0 Å². The Kier molecular flexibility index (Phi) is 6.99. The van der Waals surface area contributed by atoms with Crippen molar-refractivity contribution in [2.45, 2.75) is 39.2 Å². The fraction of sp³-hybridized carbons (Fsp3) is 0.867. The number of likely N-dealkylation sites (N-methyl/N-ethyl adjacent to an activating group) is 1. The van der Waals surface area contributed by atoms with Crippen molar-refractivity contribution in [3.05, 3.63) is 12.2 Å². The molecule has 1 aliphatic rings. The average Bonchev–Trinajstić information content (AvgIpc) is 2.23. The third-order valence-corrected chi connectivity index (χ3v) is 5.36. The van der Waals surface area contributed by atoms with Gasteiger partial charge in [0.25, 0.3) is 0 Å². The first kappa shape index (κ1) is 19.7. The molecule has 0 saturated heterocycles. The van der Waals surface area contributed by atoms with Gasteiger partial charge in [0.1, 0.15) is 12.6 Å². The van der Waals surface area contributed by atoms with Crippen molar-refractivity contribution in [1.29, 1.82) is 0 Å². The van der Waals surface area contributed by atoms with Crippen LogP contribution in [0.4, 0.5) is 0 Å². The predicted molar refractivity (Wildman–Crippen MR) is 98.1 cm³/mol. The second kappa shape index (κ2) is 7.46. The molecule has 5 atom stereocenters. The lowest BCUT2D eigenvalue weighted by Crippen LogP contribution is -2.47. The van der Waals surface area contributed by atoms with E-state index in [1.165, 1.54) is 12.0 Å². The van der Waals surface area contributed by atoms with Crippen molar-refractivity contribution in [2.24, 2.45) is 17.8 Å². The lowest BCUT2D eigenvalue weighted by atomic mass is 9.69. The molecule has 0 aromatic carbocycles. The topological polar surface area (TPSA) is 29.5 Å². The number of hydrogen-bond donors (Lipinski definition) is 2. The van der Waals surface area contributed by atoms with Crippen LogP contribution in [0.25, 0.3) is 0 Å². The molecule has 0 aromatic heterocycles. The van der Waals surface area contributed by atoms with Gasteiger partial charge in [0.05, 0.1) is 21.1 Å². The van der Waals surface area contributed by atoms with E-state index < -0.39 is 5.69 Å². The largest absolute Gasteiger partial charge is 0.338 e. The molecule has 1 rings (SSSR count). The van der Waals surface area contributed by atoms with Gasteiger partial charge in [-0.25, -0.2) is 0 Å². The third kappa shape index (κ3) is 7.15. The van der Waals surface area contributed by atoms with Gasteiger partial charge in [-0.05, 0) is 49.3 Å². The third-order valence-electron chi connectivity index (χ3n) is 4.27. The van der Waals surface area contributed by atoms with Gasteiger partial charge in [-0.3, -0.25) is 0 Å². The van der Waals surface area contributed by atoms with Crippen molar-refractivity contribution in [1.82, 2.24) is 0 Å². The molecule has 0 radical (unpaired) electrons. The van der Waals surface area contributed by atoms with Crippen molar-refractivity contribution in [3.63, 3.8) is 0 Å². The zero-order valence-electron chi connectivity index (χ0n) is 14.0. The predicted octanol–water partition coefficient (Wildman–Crippen LogP) is 3.85. The minimum Gasteiger partial charge on any atom is -0.338 e. The lowest BCUT2D eigenvalue weighted by molar-refractivity contribution is -0.873. The highest BCUT2D eigenvalue weighted by Crippen LogP contribution is 2.52. The Morgan fingerprint density at radius 2 is 2.05 bits per heavy atom. The summed E-state index contributed by atoms with van der Waals surface area (Å²) >= 11 is 9.13. The highest BCUT2D eigenvalue weighted by Gasteiger charge is 2.39. The summed E-state index contributed by atoms with van der Waals surface area (Å²) in [5.74, 6) is 1.50. The maximum Gasteiger partial charge on any atom is 0.242 e. The van der Waals surface area contributed by atoms with Gasteiger partial charge in [0, 0.05) is 0 Å². The molecule has 1 N–H and O–H groups in total. The number of allylic oxidation sites excluding steroid dienone is 1. The van der Waals surface area contributed by atoms with Gasteiger partial charge in [0.2, 0.25) is 5.69 Å². The molecule has 0 amide bonds. The number of rotatable bonds is 6. The molecule has 21 heavy (non-hydrogen) atoms. The molecule has 5 unspecified atom stereocenters. The summed E-state index contributed by atoms with van der Waals surface area (Å²) in [4.78, 5) is 9.94. The summed E-state index contributed by atoms with van der Waals surface area (Å²) in [6.45, 7) is 9.39. The first-order valence-corrected chi connectivity index (χ1v) is 11.4. The van der Waals surface area contributed by atoms with E-state index in [9.17, 15) is 4.89 Å². The van der Waals surface area contributed by atoms with E-state index in [1.54, 1.807) is 0 Å². The Morgan fingerprint density at radius 3 is 2.48 bits per heavy atom. The zero-order chi connectivity index (χ0) is 16.4. The number of quaternary nitrogens is 1. The Balaban J connectivity index is 3.01. The van der Waals surface area contributed by atoms with Gasteiger partial charge in [0.15, 0.2) is 0 Å². The van der Waals surface area contributed by atoms with Gasteiger partial charge in [-0.2, -0.15) is 0 Å². The fourth-order valence-corrected chi connectivity index (χ4v) is 4.68. The molecule has 0 spiro atoms. The van der Waals surface area contributed by atoms with Crippen molar-refractivity contribution >= 4 is 29.7 Å². The molecule has 124 valence electrons. The van der Waals surface area contributed by atoms with E-state index in [2.05, 4.69) is 53.8 Å². The van der Waals surface area contributed by atoms with E-state index in [0.29, 0.717) is 17.8 Å². The highest BCUT2D eigenvalue weighted by molar-refractivity contribution is 8.59. The summed E-state index contributed by atoms with van der Waals surface area (Å²) < 4.78 is 6.65. The maximum absolute atomic E-state index is 9.94. The molecule has 0 aromatic rings. The van der Waals surface area contributed by atoms with Crippen LogP contribution in [-0.2, 0) is 16.3 Å². The van der Waals surface area contributed by atoms with Crippen molar-refractivity contribution < 1.29 is 13.9 Å². The van der Waals surface area contributed by atoms with E-state index in [0.717, 1.165) is 23.9 Å². The molecule has 1 fully saturated rings. The van der Waals surface area contributed by atoms with Gasteiger partial charge >= 0.3 is 0 Å². The molecular formula is C15H31NO2PS2+. The quantitative estimate of drug-likeness (QED) is 0.329. The van der Waals surface area contributed by atoms with Gasteiger partial charge < -0.3 is 13.9 Å². The minimum atomic E-state index is -2.96. The highest BCUT2D eigenvalue weighted by atomic mass is 32.9. The van der Waals surface area contributed by atoms with E-state index in [-0.39, 0.29) is 6.10 Å². The fourth-order valence-electron chi connectivity index (χ4n) is 3.41. The second-order valence-electron chi connectivity index (χ2n) is 7.64. The Bertz CT molecular complexity index is 416.